The molecule has 1 saturated heterocycles. The van der Waals surface area contributed by atoms with Crippen LogP contribution in [0.4, 0.5) is 11.4 Å². The number of nitrogens with one attached hydrogen (secondary N) is 1. The van der Waals surface area contributed by atoms with Crippen LogP contribution in [0.25, 0.3) is 0 Å². The quantitative estimate of drug-likeness (QED) is 0.643. The zero-order valence-corrected chi connectivity index (χ0v) is 12.9. The summed E-state index contributed by atoms with van der Waals surface area (Å²) in [5.41, 5.74) is 7.81. The lowest BCUT2D eigenvalue weighted by Crippen LogP contribution is -2.33. The number of hydrogen-bond donors (Lipinski definition) is 2. The number of piperidine rings is 1. The first-order valence-corrected chi connectivity index (χ1v) is 7.59. The van der Waals surface area contributed by atoms with E-state index in [1.807, 2.05) is 12.1 Å². The average molecular weight is 291 g/mol. The summed E-state index contributed by atoms with van der Waals surface area (Å²) >= 11 is 0. The van der Waals surface area contributed by atoms with Gasteiger partial charge >= 0.3 is 5.97 Å². The molecule has 21 heavy (non-hydrogen) atoms. The molecule has 1 heterocycles. The molecule has 1 aliphatic rings. The Hall–Kier alpha value is -1.75. The highest BCUT2D eigenvalue weighted by Gasteiger charge is 2.18. The molecule has 1 aromatic carbocycles. The number of carbonyl (C=O) groups is 1. The minimum atomic E-state index is -0.363. The van der Waals surface area contributed by atoms with Crippen molar-refractivity contribution in [2.75, 3.05) is 44.3 Å². The van der Waals surface area contributed by atoms with Crippen molar-refractivity contribution in [3.63, 3.8) is 0 Å². The minimum Gasteiger partial charge on any atom is -0.462 e. The van der Waals surface area contributed by atoms with Crippen LogP contribution < -0.4 is 11.1 Å². The van der Waals surface area contributed by atoms with E-state index in [9.17, 15) is 4.79 Å². The van der Waals surface area contributed by atoms with Crippen molar-refractivity contribution in [2.45, 2.75) is 19.8 Å². The second kappa shape index (κ2) is 7.31. The second-order valence-electron chi connectivity index (χ2n) is 5.61. The number of benzene rings is 1. The summed E-state index contributed by atoms with van der Waals surface area (Å²) in [7, 11) is 2.16. The van der Waals surface area contributed by atoms with E-state index in [-0.39, 0.29) is 5.97 Å². The smallest absolute Gasteiger partial charge is 0.340 e. The summed E-state index contributed by atoms with van der Waals surface area (Å²) in [5.74, 6) is 0.296. The van der Waals surface area contributed by atoms with Gasteiger partial charge in [-0.2, -0.15) is 0 Å². The van der Waals surface area contributed by atoms with Gasteiger partial charge in [0.15, 0.2) is 0 Å². The molecule has 0 spiro atoms. The number of para-hydroxylation sites is 1. The van der Waals surface area contributed by atoms with E-state index in [2.05, 4.69) is 17.3 Å². The summed E-state index contributed by atoms with van der Waals surface area (Å²) < 4.78 is 5.02. The molecule has 0 unspecified atom stereocenters. The number of nitrogens with zero attached hydrogens (tertiary/aromatic N) is 1. The second-order valence-corrected chi connectivity index (χ2v) is 5.61. The van der Waals surface area contributed by atoms with Crippen molar-refractivity contribution in [1.82, 2.24) is 4.90 Å². The van der Waals surface area contributed by atoms with Crippen LogP contribution in [0, 0.1) is 5.92 Å². The Kier molecular flexibility index (Phi) is 5.44. The largest absolute Gasteiger partial charge is 0.462 e. The normalized spacial score (nSPS) is 16.7. The van der Waals surface area contributed by atoms with Crippen LogP contribution in [0.5, 0.6) is 0 Å². The first kappa shape index (κ1) is 15.6. The summed E-state index contributed by atoms with van der Waals surface area (Å²) in [4.78, 5) is 14.2. The SMILES string of the molecule is CCOC(=O)c1cccc(NCC2CCN(C)CC2)c1N. The molecule has 1 fully saturated rings. The summed E-state index contributed by atoms with van der Waals surface area (Å²) in [5, 5.41) is 3.38. The van der Waals surface area contributed by atoms with E-state index >= 15 is 0 Å². The first-order valence-electron chi connectivity index (χ1n) is 7.59. The van der Waals surface area contributed by atoms with Gasteiger partial charge in [0.25, 0.3) is 0 Å². The highest BCUT2D eigenvalue weighted by atomic mass is 16.5. The molecular weight excluding hydrogens is 266 g/mol. The Balaban J connectivity index is 1.97. The predicted molar refractivity (Wildman–Crippen MR) is 85.5 cm³/mol. The molecule has 0 bridgehead atoms. The van der Waals surface area contributed by atoms with Crippen LogP contribution in [0.2, 0.25) is 0 Å². The Morgan fingerprint density at radius 1 is 1.43 bits per heavy atom. The number of nitrogen functional groups attached to an aromatic ring is 1. The molecular formula is C16H25N3O2. The highest BCUT2D eigenvalue weighted by molar-refractivity contribution is 5.98. The molecule has 0 atom stereocenters. The van der Waals surface area contributed by atoms with Crippen molar-refractivity contribution in [3.05, 3.63) is 23.8 Å². The molecule has 3 N–H and O–H groups in total. The number of likely N-dealkylation sites (tertiary alicyclic amines) is 1. The van der Waals surface area contributed by atoms with Crippen molar-refractivity contribution in [3.8, 4) is 0 Å². The fraction of sp³-hybridized carbons (Fsp3) is 0.562. The molecule has 2 rings (SSSR count). The molecule has 5 heteroatoms. The van der Waals surface area contributed by atoms with E-state index in [1.165, 1.54) is 12.8 Å². The van der Waals surface area contributed by atoms with E-state index in [0.29, 0.717) is 23.8 Å². The number of esters is 1. The Morgan fingerprint density at radius 2 is 2.14 bits per heavy atom. The zero-order valence-electron chi connectivity index (χ0n) is 12.9. The maximum absolute atomic E-state index is 11.8. The number of carbonyl (C=O) groups excluding carboxylic acids is 1. The van der Waals surface area contributed by atoms with Gasteiger partial charge in [-0.1, -0.05) is 6.07 Å². The lowest BCUT2D eigenvalue weighted by molar-refractivity contribution is 0.0527. The van der Waals surface area contributed by atoms with Crippen LogP contribution in [0.3, 0.4) is 0 Å². The lowest BCUT2D eigenvalue weighted by atomic mass is 9.97. The van der Waals surface area contributed by atoms with Gasteiger partial charge in [-0.25, -0.2) is 4.79 Å². The number of anilines is 2. The molecule has 0 radical (unpaired) electrons. The highest BCUT2D eigenvalue weighted by Crippen LogP contribution is 2.25. The van der Waals surface area contributed by atoms with Crippen molar-refractivity contribution >= 4 is 17.3 Å². The standard InChI is InChI=1S/C16H25N3O2/c1-3-21-16(20)13-5-4-6-14(15(13)17)18-11-12-7-9-19(2)10-8-12/h4-6,12,18H,3,7-11,17H2,1-2H3. The van der Waals surface area contributed by atoms with Crippen LogP contribution in [-0.4, -0.2) is 44.2 Å². The number of ether oxygens (including phenoxy) is 1. The fourth-order valence-corrected chi connectivity index (χ4v) is 2.63. The van der Waals surface area contributed by atoms with Crippen LogP contribution >= 0.6 is 0 Å². The Morgan fingerprint density at radius 3 is 2.81 bits per heavy atom. The third-order valence-corrected chi connectivity index (χ3v) is 4.02. The van der Waals surface area contributed by atoms with Gasteiger partial charge in [0.05, 0.1) is 23.5 Å². The molecule has 0 aromatic heterocycles. The van der Waals surface area contributed by atoms with Gasteiger partial charge in [-0.05, 0) is 58.0 Å². The van der Waals surface area contributed by atoms with E-state index < -0.39 is 0 Å². The number of rotatable bonds is 5. The molecule has 0 amide bonds. The van der Waals surface area contributed by atoms with Crippen LogP contribution in [0.1, 0.15) is 30.1 Å². The average Bonchev–Trinajstić information content (AvgIpc) is 2.48. The third-order valence-electron chi connectivity index (χ3n) is 4.02. The van der Waals surface area contributed by atoms with Crippen LogP contribution in [0.15, 0.2) is 18.2 Å². The predicted octanol–water partition coefficient (Wildman–Crippen LogP) is 2.20. The molecule has 1 aliphatic heterocycles. The number of hydrogen-bond acceptors (Lipinski definition) is 5. The number of nitrogens with two attached hydrogens (primary N) is 1. The summed E-state index contributed by atoms with van der Waals surface area (Å²) in [6.45, 7) is 5.32. The Labute approximate surface area is 126 Å². The lowest BCUT2D eigenvalue weighted by Gasteiger charge is -2.29. The van der Waals surface area contributed by atoms with Gasteiger partial charge in [0.1, 0.15) is 0 Å². The maximum Gasteiger partial charge on any atom is 0.340 e. The minimum absolute atomic E-state index is 0.353. The van der Waals surface area contributed by atoms with Crippen molar-refractivity contribution in [2.24, 2.45) is 5.92 Å². The molecule has 0 aliphatic carbocycles. The molecule has 116 valence electrons. The molecule has 1 aromatic rings. The van der Waals surface area contributed by atoms with Gasteiger partial charge in [0.2, 0.25) is 0 Å². The third kappa shape index (κ3) is 4.11. The zero-order chi connectivity index (χ0) is 15.2. The van der Waals surface area contributed by atoms with E-state index in [0.717, 1.165) is 25.3 Å². The van der Waals surface area contributed by atoms with E-state index in [4.69, 9.17) is 10.5 Å². The van der Waals surface area contributed by atoms with Gasteiger partial charge in [0, 0.05) is 6.54 Å². The topological polar surface area (TPSA) is 67.6 Å². The van der Waals surface area contributed by atoms with Gasteiger partial charge in [-0.15, -0.1) is 0 Å². The van der Waals surface area contributed by atoms with Gasteiger partial charge < -0.3 is 20.7 Å². The summed E-state index contributed by atoms with van der Waals surface area (Å²) in [6, 6.07) is 5.45. The van der Waals surface area contributed by atoms with E-state index in [1.54, 1.807) is 13.0 Å². The fourth-order valence-electron chi connectivity index (χ4n) is 2.63. The van der Waals surface area contributed by atoms with Crippen molar-refractivity contribution < 1.29 is 9.53 Å². The first-order chi connectivity index (χ1) is 10.1. The molecule has 0 saturated carbocycles. The van der Waals surface area contributed by atoms with Crippen molar-refractivity contribution in [1.29, 1.82) is 0 Å². The van der Waals surface area contributed by atoms with Gasteiger partial charge in [-0.3, -0.25) is 0 Å². The summed E-state index contributed by atoms with van der Waals surface area (Å²) in [6.07, 6.45) is 2.39. The Bertz CT molecular complexity index is 482. The maximum atomic E-state index is 11.8. The monoisotopic (exact) mass is 291 g/mol. The molecule has 5 nitrogen and oxygen atoms in total. The van der Waals surface area contributed by atoms with Crippen LogP contribution in [-0.2, 0) is 4.74 Å².